The van der Waals surface area contributed by atoms with Crippen LogP contribution in [0.25, 0.3) is 0 Å². The second-order valence-corrected chi connectivity index (χ2v) is 3.77. The van der Waals surface area contributed by atoms with Gasteiger partial charge in [0.25, 0.3) is 0 Å². The Hall–Kier alpha value is -2.36. The molecule has 4 heteroatoms. The van der Waals surface area contributed by atoms with Crippen molar-refractivity contribution >= 4 is 11.6 Å². The number of carbonyl (C=O) groups excluding carboxylic acids is 1. The molecule has 0 saturated heterocycles. The molecule has 92 valence electrons. The SMILES string of the molecule is COc1ccc(NC(=O)Cc2ccccn2)cc1. The Balaban J connectivity index is 1.94. The molecule has 1 amide bonds. The average molecular weight is 242 g/mol. The minimum absolute atomic E-state index is 0.0844. The Morgan fingerprint density at radius 2 is 2.00 bits per heavy atom. The summed E-state index contributed by atoms with van der Waals surface area (Å²) < 4.78 is 5.05. The van der Waals surface area contributed by atoms with Crippen molar-refractivity contribution in [1.29, 1.82) is 0 Å². The van der Waals surface area contributed by atoms with Crippen LogP contribution in [-0.2, 0) is 11.2 Å². The van der Waals surface area contributed by atoms with Gasteiger partial charge in [-0.2, -0.15) is 0 Å². The number of benzene rings is 1. The molecule has 4 nitrogen and oxygen atoms in total. The molecule has 0 saturated carbocycles. The van der Waals surface area contributed by atoms with E-state index in [-0.39, 0.29) is 12.3 Å². The van der Waals surface area contributed by atoms with Crippen molar-refractivity contribution < 1.29 is 9.53 Å². The fourth-order valence-corrected chi connectivity index (χ4v) is 1.55. The molecule has 2 rings (SSSR count). The molecule has 2 aromatic rings. The van der Waals surface area contributed by atoms with Crippen molar-refractivity contribution in [3.63, 3.8) is 0 Å². The third-order valence-corrected chi connectivity index (χ3v) is 2.44. The molecule has 0 bridgehead atoms. The number of hydrogen-bond donors (Lipinski definition) is 1. The lowest BCUT2D eigenvalue weighted by atomic mass is 10.2. The quantitative estimate of drug-likeness (QED) is 0.894. The number of ether oxygens (including phenoxy) is 1. The van der Waals surface area contributed by atoms with E-state index in [2.05, 4.69) is 10.3 Å². The second kappa shape index (κ2) is 5.82. The summed E-state index contributed by atoms with van der Waals surface area (Å²) in [5.74, 6) is 0.677. The molecule has 0 aliphatic heterocycles. The number of carbonyl (C=O) groups is 1. The van der Waals surface area contributed by atoms with Crippen LogP contribution in [0.2, 0.25) is 0 Å². The number of methoxy groups -OCH3 is 1. The first-order valence-corrected chi connectivity index (χ1v) is 5.62. The smallest absolute Gasteiger partial charge is 0.230 e. The maximum Gasteiger partial charge on any atom is 0.230 e. The molecule has 1 aromatic heterocycles. The molecule has 0 aliphatic carbocycles. The summed E-state index contributed by atoms with van der Waals surface area (Å²) in [4.78, 5) is 15.9. The lowest BCUT2D eigenvalue weighted by Crippen LogP contribution is -2.14. The minimum Gasteiger partial charge on any atom is -0.497 e. The Bertz CT molecular complexity index is 509. The number of amides is 1. The van der Waals surface area contributed by atoms with E-state index in [1.54, 1.807) is 37.6 Å². The highest BCUT2D eigenvalue weighted by Gasteiger charge is 2.04. The first kappa shape index (κ1) is 12.1. The number of hydrogen-bond acceptors (Lipinski definition) is 3. The second-order valence-electron chi connectivity index (χ2n) is 3.77. The summed E-state index contributed by atoms with van der Waals surface area (Å²) in [7, 11) is 1.61. The summed E-state index contributed by atoms with van der Waals surface area (Å²) >= 11 is 0. The van der Waals surface area contributed by atoms with E-state index < -0.39 is 0 Å². The van der Waals surface area contributed by atoms with Crippen molar-refractivity contribution in [3.8, 4) is 5.75 Å². The zero-order chi connectivity index (χ0) is 12.8. The normalized spacial score (nSPS) is 9.83. The van der Waals surface area contributed by atoms with Crippen LogP contribution < -0.4 is 10.1 Å². The summed E-state index contributed by atoms with van der Waals surface area (Å²) in [6, 6.07) is 12.7. The lowest BCUT2D eigenvalue weighted by Gasteiger charge is -2.05. The Labute approximate surface area is 106 Å². The fraction of sp³-hybridized carbons (Fsp3) is 0.143. The van der Waals surface area contributed by atoms with Crippen LogP contribution in [0.15, 0.2) is 48.7 Å². The van der Waals surface area contributed by atoms with Gasteiger partial charge in [-0.3, -0.25) is 9.78 Å². The highest BCUT2D eigenvalue weighted by atomic mass is 16.5. The minimum atomic E-state index is -0.0844. The van der Waals surface area contributed by atoms with Crippen LogP contribution in [0.5, 0.6) is 5.75 Å². The van der Waals surface area contributed by atoms with Crippen LogP contribution in [0.4, 0.5) is 5.69 Å². The van der Waals surface area contributed by atoms with Crippen molar-refractivity contribution in [1.82, 2.24) is 4.98 Å². The fourth-order valence-electron chi connectivity index (χ4n) is 1.55. The lowest BCUT2D eigenvalue weighted by molar-refractivity contribution is -0.115. The summed E-state index contributed by atoms with van der Waals surface area (Å²) in [5, 5.41) is 2.81. The van der Waals surface area contributed by atoms with Gasteiger partial charge in [-0.05, 0) is 36.4 Å². The standard InChI is InChI=1S/C14H14N2O2/c1-18-13-7-5-11(6-8-13)16-14(17)10-12-4-2-3-9-15-12/h2-9H,10H2,1H3,(H,16,17). The number of pyridine rings is 1. The predicted octanol–water partition coefficient (Wildman–Crippen LogP) is 2.27. The predicted molar refractivity (Wildman–Crippen MR) is 69.6 cm³/mol. The summed E-state index contributed by atoms with van der Waals surface area (Å²) in [6.07, 6.45) is 1.95. The van der Waals surface area contributed by atoms with Crippen molar-refractivity contribution in [3.05, 3.63) is 54.4 Å². The highest BCUT2D eigenvalue weighted by molar-refractivity contribution is 5.92. The molecule has 0 aliphatic rings. The van der Waals surface area contributed by atoms with Gasteiger partial charge in [-0.15, -0.1) is 0 Å². The van der Waals surface area contributed by atoms with Crippen molar-refractivity contribution in [2.24, 2.45) is 0 Å². The van der Waals surface area contributed by atoms with E-state index in [9.17, 15) is 4.79 Å². The van der Waals surface area contributed by atoms with E-state index in [1.807, 2.05) is 18.2 Å². The molecule has 0 radical (unpaired) electrons. The first-order valence-electron chi connectivity index (χ1n) is 5.62. The Kier molecular flexibility index (Phi) is 3.91. The van der Waals surface area contributed by atoms with E-state index in [0.717, 1.165) is 17.1 Å². The van der Waals surface area contributed by atoms with Gasteiger partial charge in [0.05, 0.1) is 13.5 Å². The average Bonchev–Trinajstić information content (AvgIpc) is 2.40. The van der Waals surface area contributed by atoms with Crippen molar-refractivity contribution in [2.45, 2.75) is 6.42 Å². The molecule has 18 heavy (non-hydrogen) atoms. The van der Waals surface area contributed by atoms with Crippen LogP contribution >= 0.6 is 0 Å². The number of anilines is 1. The maximum absolute atomic E-state index is 11.8. The topological polar surface area (TPSA) is 51.2 Å². The molecule has 1 aromatic carbocycles. The summed E-state index contributed by atoms with van der Waals surface area (Å²) in [5.41, 5.74) is 1.50. The molecule has 0 spiro atoms. The summed E-state index contributed by atoms with van der Waals surface area (Å²) in [6.45, 7) is 0. The monoisotopic (exact) mass is 242 g/mol. The number of aromatic nitrogens is 1. The Morgan fingerprint density at radius 1 is 1.22 bits per heavy atom. The molecule has 0 unspecified atom stereocenters. The number of nitrogens with one attached hydrogen (secondary N) is 1. The van der Waals surface area contributed by atoms with E-state index in [1.165, 1.54) is 0 Å². The highest BCUT2D eigenvalue weighted by Crippen LogP contribution is 2.15. The van der Waals surface area contributed by atoms with Gasteiger partial charge in [0, 0.05) is 17.6 Å². The maximum atomic E-state index is 11.8. The van der Waals surface area contributed by atoms with Gasteiger partial charge in [-0.25, -0.2) is 0 Å². The van der Waals surface area contributed by atoms with Crippen LogP contribution in [0, 0.1) is 0 Å². The van der Waals surface area contributed by atoms with E-state index >= 15 is 0 Å². The number of rotatable bonds is 4. The third-order valence-electron chi connectivity index (χ3n) is 2.44. The van der Waals surface area contributed by atoms with Crippen molar-refractivity contribution in [2.75, 3.05) is 12.4 Å². The largest absolute Gasteiger partial charge is 0.497 e. The molecule has 1 heterocycles. The van der Waals surface area contributed by atoms with Crippen LogP contribution in [0.1, 0.15) is 5.69 Å². The number of nitrogens with zero attached hydrogens (tertiary/aromatic N) is 1. The van der Waals surface area contributed by atoms with Gasteiger partial charge in [0.1, 0.15) is 5.75 Å². The molecule has 0 atom stereocenters. The Morgan fingerprint density at radius 3 is 2.61 bits per heavy atom. The zero-order valence-electron chi connectivity index (χ0n) is 10.1. The van der Waals surface area contributed by atoms with Gasteiger partial charge in [0.15, 0.2) is 0 Å². The van der Waals surface area contributed by atoms with Gasteiger partial charge in [-0.1, -0.05) is 6.07 Å². The van der Waals surface area contributed by atoms with Gasteiger partial charge < -0.3 is 10.1 Å². The van der Waals surface area contributed by atoms with Gasteiger partial charge in [0.2, 0.25) is 5.91 Å². The molecule has 0 fully saturated rings. The van der Waals surface area contributed by atoms with E-state index in [0.29, 0.717) is 0 Å². The van der Waals surface area contributed by atoms with Crippen LogP contribution in [-0.4, -0.2) is 18.0 Å². The molecular weight excluding hydrogens is 228 g/mol. The van der Waals surface area contributed by atoms with E-state index in [4.69, 9.17) is 4.74 Å². The zero-order valence-corrected chi connectivity index (χ0v) is 10.1. The molecular formula is C14H14N2O2. The van der Waals surface area contributed by atoms with Crippen LogP contribution in [0.3, 0.4) is 0 Å². The van der Waals surface area contributed by atoms with Gasteiger partial charge >= 0.3 is 0 Å². The first-order chi connectivity index (χ1) is 8.78. The third kappa shape index (κ3) is 3.31. The molecule has 1 N–H and O–H groups in total.